The summed E-state index contributed by atoms with van der Waals surface area (Å²) >= 11 is 0. The van der Waals surface area contributed by atoms with Crippen LogP contribution in [0.1, 0.15) is 15.9 Å². The first-order valence-electron chi connectivity index (χ1n) is 9.06. The molecule has 0 spiro atoms. The topological polar surface area (TPSA) is 225 Å². The Morgan fingerprint density at radius 3 is 2.50 bits per heavy atom. The van der Waals surface area contributed by atoms with Gasteiger partial charge in [0.1, 0.15) is 24.6 Å². The van der Waals surface area contributed by atoms with Crippen LogP contribution in [0.4, 0.5) is 0 Å². The Morgan fingerprint density at radius 2 is 1.88 bits per heavy atom. The predicted octanol–water partition coefficient (Wildman–Crippen LogP) is -2.10. The van der Waals surface area contributed by atoms with Crippen molar-refractivity contribution in [3.63, 3.8) is 0 Å². The Kier molecular flexibility index (Phi) is 6.67. The predicted molar refractivity (Wildman–Crippen MR) is 107 cm³/mol. The Balaban J connectivity index is 2.10. The highest BCUT2D eigenvalue weighted by Crippen LogP contribution is 2.36. The van der Waals surface area contributed by atoms with E-state index in [1.807, 2.05) is 4.98 Å². The summed E-state index contributed by atoms with van der Waals surface area (Å²) in [7, 11) is -4.93. The summed E-state index contributed by atoms with van der Waals surface area (Å²) in [4.78, 5) is 62.7. The van der Waals surface area contributed by atoms with Gasteiger partial charge < -0.3 is 29.7 Å². The molecule has 0 fully saturated rings. The normalized spacial score (nSPS) is 15.1. The van der Waals surface area contributed by atoms with Gasteiger partial charge in [-0.25, -0.2) is 14.3 Å². The number of hydrogen-bond acceptors (Lipinski definition) is 10. The van der Waals surface area contributed by atoms with Crippen LogP contribution in [0.5, 0.6) is 0 Å². The second-order valence-corrected chi connectivity index (χ2v) is 8.23. The first-order chi connectivity index (χ1) is 14.9. The summed E-state index contributed by atoms with van der Waals surface area (Å²) in [6.07, 6.45) is -5.04. The third-order valence-corrected chi connectivity index (χ3v) is 5.18. The van der Waals surface area contributed by atoms with Gasteiger partial charge in [-0.15, -0.1) is 0 Å². The van der Waals surface area contributed by atoms with Gasteiger partial charge in [0.05, 0.1) is 24.2 Å². The molecule has 1 aromatic rings. The zero-order valence-electron chi connectivity index (χ0n) is 16.4. The lowest BCUT2D eigenvalue weighted by Crippen LogP contribution is -2.42. The van der Waals surface area contributed by atoms with Crippen molar-refractivity contribution in [3.8, 4) is 11.5 Å². The highest BCUT2D eigenvalue weighted by Gasteiger charge is 2.30. The number of aliphatic hydroxyl groups excluding tert-OH is 3. The highest BCUT2D eigenvalue weighted by molar-refractivity contribution is 7.46. The van der Waals surface area contributed by atoms with Crippen LogP contribution in [0.15, 0.2) is 21.7 Å². The van der Waals surface area contributed by atoms with E-state index in [9.17, 15) is 34.3 Å². The lowest BCUT2D eigenvalue weighted by molar-refractivity contribution is -0.0793. The minimum absolute atomic E-state index is 0.190. The first kappa shape index (κ1) is 23.8. The van der Waals surface area contributed by atoms with Gasteiger partial charge in [-0.2, -0.15) is 4.98 Å². The van der Waals surface area contributed by atoms with Crippen molar-refractivity contribution in [2.45, 2.75) is 31.8 Å². The van der Waals surface area contributed by atoms with Crippen molar-refractivity contribution in [3.05, 3.63) is 44.1 Å². The van der Waals surface area contributed by atoms with E-state index in [1.54, 1.807) is 6.92 Å². The minimum Gasteiger partial charge on any atom is -0.388 e. The number of benzene rings is 1. The van der Waals surface area contributed by atoms with E-state index in [4.69, 9.17) is 9.79 Å². The summed E-state index contributed by atoms with van der Waals surface area (Å²) < 4.78 is 16.1. The smallest absolute Gasteiger partial charge is 0.388 e. The number of aromatic amines is 1. The van der Waals surface area contributed by atoms with Gasteiger partial charge in [0.2, 0.25) is 0 Å². The maximum Gasteiger partial charge on any atom is 0.469 e. The number of hydrogen-bond donors (Lipinski definition) is 6. The molecule has 0 radical (unpaired) electrons. The molecule has 15 heteroatoms. The molecule has 0 bridgehead atoms. The molecule has 172 valence electrons. The number of aldehydes is 1. The number of carbonyl (C=O) groups is 1. The average molecular weight is 470 g/mol. The van der Waals surface area contributed by atoms with E-state index >= 15 is 0 Å². The van der Waals surface area contributed by atoms with E-state index in [2.05, 4.69) is 14.5 Å². The number of phosphoric acid groups is 1. The van der Waals surface area contributed by atoms with Crippen LogP contribution >= 0.6 is 7.82 Å². The molecule has 0 aliphatic carbocycles. The maximum absolute atomic E-state index is 12.2. The van der Waals surface area contributed by atoms with Gasteiger partial charge in [0.25, 0.3) is 5.56 Å². The quantitative estimate of drug-likeness (QED) is 0.118. The van der Waals surface area contributed by atoms with Crippen molar-refractivity contribution < 1.29 is 39.0 Å². The third kappa shape index (κ3) is 4.97. The Morgan fingerprint density at radius 1 is 1.19 bits per heavy atom. The van der Waals surface area contributed by atoms with E-state index in [0.29, 0.717) is 11.8 Å². The van der Waals surface area contributed by atoms with Crippen LogP contribution in [-0.2, 0) is 15.6 Å². The van der Waals surface area contributed by atoms with Crippen LogP contribution in [0.25, 0.3) is 22.6 Å². The van der Waals surface area contributed by atoms with Crippen LogP contribution in [-0.4, -0.2) is 75.8 Å². The third-order valence-electron chi connectivity index (χ3n) is 4.70. The molecule has 2 aliphatic heterocycles. The van der Waals surface area contributed by atoms with E-state index < -0.39 is 50.5 Å². The number of carbonyl (C=O) groups excluding carboxylic acids is 1. The fraction of sp³-hybridized carbons (Fsp3) is 0.353. The molecule has 32 heavy (non-hydrogen) atoms. The van der Waals surface area contributed by atoms with Crippen LogP contribution < -0.4 is 11.2 Å². The van der Waals surface area contributed by atoms with Crippen molar-refractivity contribution in [1.82, 2.24) is 19.5 Å². The summed E-state index contributed by atoms with van der Waals surface area (Å²) in [5.41, 5.74) is -0.884. The van der Waals surface area contributed by atoms with Crippen molar-refractivity contribution in [1.29, 1.82) is 0 Å². The average Bonchev–Trinajstić information content (AvgIpc) is 2.70. The van der Waals surface area contributed by atoms with Crippen LogP contribution in [0.2, 0.25) is 0 Å². The molecule has 0 unspecified atom stereocenters. The van der Waals surface area contributed by atoms with Gasteiger partial charge in [0, 0.05) is 5.56 Å². The zero-order chi connectivity index (χ0) is 23.8. The Labute approximate surface area is 178 Å². The molecule has 3 rings (SSSR count). The molecule has 14 nitrogen and oxygen atoms in total. The number of aromatic nitrogens is 4. The largest absolute Gasteiger partial charge is 0.469 e. The number of rotatable bonds is 8. The summed E-state index contributed by atoms with van der Waals surface area (Å²) in [6, 6.07) is 2.90. The van der Waals surface area contributed by atoms with E-state index in [1.165, 1.54) is 16.7 Å². The van der Waals surface area contributed by atoms with Gasteiger partial charge in [-0.1, -0.05) is 0 Å². The molecule has 0 amide bonds. The van der Waals surface area contributed by atoms with Crippen LogP contribution in [0.3, 0.4) is 0 Å². The first-order valence-corrected chi connectivity index (χ1v) is 10.6. The number of phosphoric ester groups is 1. The van der Waals surface area contributed by atoms with E-state index in [-0.39, 0.29) is 28.1 Å². The van der Waals surface area contributed by atoms with Crippen molar-refractivity contribution in [2.24, 2.45) is 0 Å². The van der Waals surface area contributed by atoms with Gasteiger partial charge in [0.15, 0.2) is 11.5 Å². The molecule has 1 aromatic carbocycles. The monoisotopic (exact) mass is 470 g/mol. The summed E-state index contributed by atoms with van der Waals surface area (Å²) in [6.45, 7) is 0.113. The highest BCUT2D eigenvalue weighted by atomic mass is 31.2. The number of fused-ring (bicyclic) bond motifs is 2. The zero-order valence-corrected chi connectivity index (χ0v) is 17.3. The molecular weight excluding hydrogens is 451 g/mol. The maximum atomic E-state index is 12.2. The van der Waals surface area contributed by atoms with Gasteiger partial charge in [-0.05, 0) is 24.6 Å². The Hall–Kier alpha value is -2.84. The standard InChI is InChI=1S/C17H19N4O10P/c1-7-2-9-10(3-8(7)5-22)21(15-13(18-9)16(26)20-17(27)19-15)4-11(23)14(25)12(24)6-31-32(28,29)30/h2-3,5,11-12,14,23-25H,4,6H2,1H3,(H,20,26,27)(H2,28,29,30)/t11-,12+,14-/m0/s1. The number of aliphatic hydroxyl groups is 3. The van der Waals surface area contributed by atoms with Crippen LogP contribution in [0, 0.1) is 6.92 Å². The number of nitrogens with one attached hydrogen (secondary N) is 1. The SMILES string of the molecule is Cc1cc2nc3c(=O)[nH]c(=O)nc-3n(C[C@H](O)[C@H](O)[C@H](O)COP(=O)(O)O)c2cc1C=O. The fourth-order valence-electron chi connectivity index (χ4n) is 3.10. The minimum atomic E-state index is -4.93. The van der Waals surface area contributed by atoms with Crippen molar-refractivity contribution in [2.75, 3.05) is 6.61 Å². The second kappa shape index (κ2) is 8.96. The fourth-order valence-corrected chi connectivity index (χ4v) is 3.44. The molecule has 6 N–H and O–H groups in total. The van der Waals surface area contributed by atoms with Crippen molar-refractivity contribution >= 4 is 25.1 Å². The second-order valence-electron chi connectivity index (χ2n) is 6.99. The lowest BCUT2D eigenvalue weighted by Gasteiger charge is -2.25. The Bertz CT molecular complexity index is 1300. The summed E-state index contributed by atoms with van der Waals surface area (Å²) in [5.74, 6) is -0.251. The lowest BCUT2D eigenvalue weighted by atomic mass is 10.1. The molecule has 2 aliphatic rings. The number of H-pyrrole nitrogens is 1. The molecule has 2 heterocycles. The molecule has 0 saturated carbocycles. The molecule has 0 saturated heterocycles. The molecule has 3 atom stereocenters. The molecular formula is C17H19N4O10P. The molecule has 0 aromatic heterocycles. The number of aryl methyl sites for hydroxylation is 1. The van der Waals surface area contributed by atoms with Gasteiger partial charge in [-0.3, -0.25) is 19.1 Å². The van der Waals surface area contributed by atoms with Gasteiger partial charge >= 0.3 is 13.5 Å². The van der Waals surface area contributed by atoms with E-state index in [0.717, 1.165) is 0 Å². The summed E-state index contributed by atoms with van der Waals surface area (Å²) in [5, 5.41) is 30.5. The number of nitrogens with zero attached hydrogens (tertiary/aromatic N) is 3.